The summed E-state index contributed by atoms with van der Waals surface area (Å²) in [6, 6.07) is 11.0. The van der Waals surface area contributed by atoms with Gasteiger partial charge in [-0.2, -0.15) is 0 Å². The summed E-state index contributed by atoms with van der Waals surface area (Å²) in [6.45, 7) is 10.1. The van der Waals surface area contributed by atoms with Crippen LogP contribution in [0.25, 0.3) is 0 Å². The second-order valence-electron chi connectivity index (χ2n) is 6.91. The molecule has 1 heterocycles. The van der Waals surface area contributed by atoms with E-state index in [0.29, 0.717) is 12.5 Å². The van der Waals surface area contributed by atoms with Gasteiger partial charge in [0.05, 0.1) is 6.61 Å². The zero-order valence-corrected chi connectivity index (χ0v) is 18.7. The number of ether oxygens (including phenoxy) is 1. The van der Waals surface area contributed by atoms with Gasteiger partial charge in [-0.3, -0.25) is 4.99 Å². The topological polar surface area (TPSA) is 48.9 Å². The summed E-state index contributed by atoms with van der Waals surface area (Å²) in [7, 11) is 1.73. The van der Waals surface area contributed by atoms with E-state index >= 15 is 0 Å². The first-order chi connectivity index (χ1) is 12.2. The number of aliphatic imine (C=N–C) groups is 1. The lowest BCUT2D eigenvalue weighted by Crippen LogP contribution is -2.44. The number of methoxy groups -OCH3 is 1. The number of halogens is 1. The van der Waals surface area contributed by atoms with Crippen LogP contribution in [0.4, 0.5) is 0 Å². The molecule has 0 spiro atoms. The van der Waals surface area contributed by atoms with Crippen LogP contribution in [0.5, 0.6) is 0 Å². The fourth-order valence-electron chi connectivity index (χ4n) is 3.26. The number of likely N-dealkylation sites (tertiary alicyclic amines) is 1. The van der Waals surface area contributed by atoms with Gasteiger partial charge in [0.15, 0.2) is 5.96 Å². The molecular weight excluding hydrogens is 439 g/mol. The molecule has 0 radical (unpaired) electrons. The van der Waals surface area contributed by atoms with Gasteiger partial charge in [0, 0.05) is 39.3 Å². The Bertz CT molecular complexity index is 512. The Hall–Kier alpha value is -0.860. The molecule has 5 nitrogen and oxygen atoms in total. The molecule has 2 atom stereocenters. The number of nitrogens with one attached hydrogen (secondary N) is 2. The van der Waals surface area contributed by atoms with Gasteiger partial charge in [-0.25, -0.2) is 0 Å². The van der Waals surface area contributed by atoms with Crippen LogP contribution in [0.3, 0.4) is 0 Å². The van der Waals surface area contributed by atoms with Crippen molar-refractivity contribution in [3.63, 3.8) is 0 Å². The number of rotatable bonds is 9. The number of hydrogen-bond acceptors (Lipinski definition) is 3. The second-order valence-corrected chi connectivity index (χ2v) is 6.91. The molecule has 2 unspecified atom stereocenters. The maximum atomic E-state index is 5.19. The van der Waals surface area contributed by atoms with E-state index in [1.165, 1.54) is 18.5 Å². The van der Waals surface area contributed by atoms with Crippen molar-refractivity contribution in [2.45, 2.75) is 32.7 Å². The van der Waals surface area contributed by atoms with Crippen LogP contribution >= 0.6 is 24.0 Å². The minimum absolute atomic E-state index is 0. The minimum atomic E-state index is 0. The Kier molecular flexibility index (Phi) is 11.9. The van der Waals surface area contributed by atoms with Crippen LogP contribution in [0.2, 0.25) is 0 Å². The van der Waals surface area contributed by atoms with Gasteiger partial charge in [-0.05, 0) is 44.7 Å². The average molecular weight is 474 g/mol. The third-order valence-electron chi connectivity index (χ3n) is 4.58. The molecule has 0 saturated carbocycles. The predicted molar refractivity (Wildman–Crippen MR) is 121 cm³/mol. The fourth-order valence-corrected chi connectivity index (χ4v) is 3.26. The molecule has 2 rings (SSSR count). The van der Waals surface area contributed by atoms with Crippen molar-refractivity contribution in [1.29, 1.82) is 0 Å². The minimum Gasteiger partial charge on any atom is -0.383 e. The standard InChI is InChI=1S/C20H34N4O.HI/c1-4-21-20(23-17(2)16-25-3)22-14-19-11-13-24(15-19)12-10-18-8-6-5-7-9-18;/h5-9,17,19H,4,10-16H2,1-3H3,(H2,21,22,23);1H. The molecule has 2 N–H and O–H groups in total. The number of nitrogens with zero attached hydrogens (tertiary/aromatic N) is 2. The highest BCUT2D eigenvalue weighted by atomic mass is 127. The van der Waals surface area contributed by atoms with E-state index in [1.807, 2.05) is 0 Å². The van der Waals surface area contributed by atoms with E-state index in [2.05, 4.69) is 59.7 Å². The van der Waals surface area contributed by atoms with Crippen molar-refractivity contribution in [2.75, 3.05) is 46.4 Å². The van der Waals surface area contributed by atoms with E-state index in [0.717, 1.165) is 38.6 Å². The molecule has 0 amide bonds. The van der Waals surface area contributed by atoms with Crippen molar-refractivity contribution in [1.82, 2.24) is 15.5 Å². The van der Waals surface area contributed by atoms with E-state index in [-0.39, 0.29) is 30.0 Å². The largest absolute Gasteiger partial charge is 0.383 e. The van der Waals surface area contributed by atoms with Crippen LogP contribution in [0.1, 0.15) is 25.8 Å². The van der Waals surface area contributed by atoms with E-state index < -0.39 is 0 Å². The van der Waals surface area contributed by atoms with Crippen molar-refractivity contribution in [3.8, 4) is 0 Å². The maximum Gasteiger partial charge on any atom is 0.191 e. The maximum absolute atomic E-state index is 5.19. The van der Waals surface area contributed by atoms with E-state index in [4.69, 9.17) is 9.73 Å². The Morgan fingerprint density at radius 3 is 2.81 bits per heavy atom. The Morgan fingerprint density at radius 2 is 2.12 bits per heavy atom. The van der Waals surface area contributed by atoms with Crippen molar-refractivity contribution in [3.05, 3.63) is 35.9 Å². The highest BCUT2D eigenvalue weighted by Crippen LogP contribution is 2.17. The third-order valence-corrected chi connectivity index (χ3v) is 4.58. The van der Waals surface area contributed by atoms with Crippen LogP contribution < -0.4 is 10.6 Å². The molecule has 1 saturated heterocycles. The number of guanidine groups is 1. The zero-order valence-electron chi connectivity index (χ0n) is 16.4. The average Bonchev–Trinajstić information content (AvgIpc) is 3.07. The molecule has 26 heavy (non-hydrogen) atoms. The summed E-state index contributed by atoms with van der Waals surface area (Å²) in [5.41, 5.74) is 1.43. The smallest absolute Gasteiger partial charge is 0.191 e. The van der Waals surface area contributed by atoms with Gasteiger partial charge < -0.3 is 20.3 Å². The molecule has 1 aromatic rings. The summed E-state index contributed by atoms with van der Waals surface area (Å²) in [4.78, 5) is 7.35. The van der Waals surface area contributed by atoms with Crippen LogP contribution in [0.15, 0.2) is 35.3 Å². The van der Waals surface area contributed by atoms with Crippen molar-refractivity contribution >= 4 is 29.9 Å². The molecular formula is C20H35IN4O. The highest BCUT2D eigenvalue weighted by molar-refractivity contribution is 14.0. The number of benzene rings is 1. The summed E-state index contributed by atoms with van der Waals surface area (Å²) in [6.07, 6.45) is 2.38. The molecule has 1 aromatic carbocycles. The molecule has 1 aliphatic rings. The SMILES string of the molecule is CCNC(=NCC1CCN(CCc2ccccc2)C1)NC(C)COC.I. The molecule has 0 aliphatic carbocycles. The van der Waals surface area contributed by atoms with Gasteiger partial charge >= 0.3 is 0 Å². The van der Waals surface area contributed by atoms with E-state index in [9.17, 15) is 0 Å². The quantitative estimate of drug-likeness (QED) is 0.329. The second kappa shape index (κ2) is 13.3. The van der Waals surface area contributed by atoms with Gasteiger partial charge in [0.2, 0.25) is 0 Å². The third kappa shape index (κ3) is 8.68. The molecule has 0 bridgehead atoms. The zero-order chi connectivity index (χ0) is 17.9. The molecule has 1 aliphatic heterocycles. The van der Waals surface area contributed by atoms with Crippen molar-refractivity contribution in [2.24, 2.45) is 10.9 Å². The molecule has 148 valence electrons. The van der Waals surface area contributed by atoms with Gasteiger partial charge in [-0.1, -0.05) is 30.3 Å². The van der Waals surface area contributed by atoms with Crippen LogP contribution in [-0.2, 0) is 11.2 Å². The Balaban J connectivity index is 0.00000338. The predicted octanol–water partition coefficient (Wildman–Crippen LogP) is 2.76. The van der Waals surface area contributed by atoms with Crippen molar-refractivity contribution < 1.29 is 4.74 Å². The van der Waals surface area contributed by atoms with Gasteiger partial charge in [0.1, 0.15) is 0 Å². The first-order valence-corrected chi connectivity index (χ1v) is 9.51. The summed E-state index contributed by atoms with van der Waals surface area (Å²) < 4.78 is 5.19. The number of hydrogen-bond donors (Lipinski definition) is 2. The van der Waals surface area contributed by atoms with Gasteiger partial charge in [-0.15, -0.1) is 24.0 Å². The molecule has 0 aromatic heterocycles. The summed E-state index contributed by atoms with van der Waals surface area (Å²) in [5, 5.41) is 6.72. The van der Waals surface area contributed by atoms with Crippen LogP contribution in [0, 0.1) is 5.92 Å². The van der Waals surface area contributed by atoms with E-state index in [1.54, 1.807) is 7.11 Å². The van der Waals surface area contributed by atoms with Gasteiger partial charge in [0.25, 0.3) is 0 Å². The Morgan fingerprint density at radius 1 is 1.35 bits per heavy atom. The van der Waals surface area contributed by atoms with Crippen LogP contribution in [-0.4, -0.2) is 63.3 Å². The first-order valence-electron chi connectivity index (χ1n) is 9.51. The monoisotopic (exact) mass is 474 g/mol. The first kappa shape index (κ1) is 23.2. The molecule has 6 heteroatoms. The normalized spacial score (nSPS) is 19.0. The summed E-state index contributed by atoms with van der Waals surface area (Å²) >= 11 is 0. The highest BCUT2D eigenvalue weighted by Gasteiger charge is 2.22. The fraction of sp³-hybridized carbons (Fsp3) is 0.650. The lowest BCUT2D eigenvalue weighted by Gasteiger charge is -2.18. The Labute approximate surface area is 176 Å². The molecule has 1 fully saturated rings. The lowest BCUT2D eigenvalue weighted by molar-refractivity contribution is 0.179. The lowest BCUT2D eigenvalue weighted by atomic mass is 10.1. The summed E-state index contributed by atoms with van der Waals surface area (Å²) in [5.74, 6) is 1.55.